The maximum absolute atomic E-state index is 13.0. The lowest BCUT2D eigenvalue weighted by atomic mass is 9.55. The van der Waals surface area contributed by atoms with Crippen LogP contribution in [0.5, 0.6) is 0 Å². The smallest absolute Gasteiger partial charge is 0.312 e. The molecule has 16 heteroatoms. The molecular formula is C90H144O16. The highest BCUT2D eigenvalue weighted by Crippen LogP contribution is 2.69. The van der Waals surface area contributed by atoms with E-state index in [1.807, 2.05) is 0 Å². The number of carbonyl (C=O) groups is 6. The van der Waals surface area contributed by atoms with Crippen molar-refractivity contribution in [1.29, 1.82) is 0 Å². The summed E-state index contributed by atoms with van der Waals surface area (Å²) in [6.45, 7) is 28.9. The predicted molar refractivity (Wildman–Crippen MR) is 404 cm³/mol. The summed E-state index contributed by atoms with van der Waals surface area (Å²) in [6.07, 6.45) is 36.3. The number of carboxylic acid groups (broad SMARTS) is 1. The van der Waals surface area contributed by atoms with Gasteiger partial charge in [0.05, 0.1) is 85.3 Å². The summed E-state index contributed by atoms with van der Waals surface area (Å²) in [4.78, 5) is 71.1. The highest BCUT2D eigenvalue weighted by Gasteiger charge is 2.65. The Hall–Kier alpha value is -3.34. The number of hydrogen-bond acceptors (Lipinski definition) is 15. The first-order chi connectivity index (χ1) is 51.3. The fourth-order valence-electron chi connectivity index (χ4n) is 30.0. The molecule has 16 nitrogen and oxygen atoms in total. The van der Waals surface area contributed by atoms with Gasteiger partial charge in [-0.3, -0.25) is 28.8 Å². The van der Waals surface area contributed by atoms with Crippen LogP contribution in [-0.2, 0) is 71.4 Å². The van der Waals surface area contributed by atoms with Crippen molar-refractivity contribution in [3.8, 4) is 0 Å². The number of ether oxygens (including phenoxy) is 9. The first-order valence-corrected chi connectivity index (χ1v) is 44.8. The molecule has 600 valence electrons. The third-order valence-corrected chi connectivity index (χ3v) is 34.1. The molecule has 0 radical (unpaired) electrons. The van der Waals surface area contributed by atoms with Crippen molar-refractivity contribution in [3.63, 3.8) is 0 Å². The van der Waals surface area contributed by atoms with Crippen molar-refractivity contribution in [2.75, 3.05) is 40.5 Å². The van der Waals surface area contributed by atoms with Crippen LogP contribution in [0.4, 0.5) is 0 Å². The highest BCUT2D eigenvalue weighted by atomic mass is 16.7. The van der Waals surface area contributed by atoms with Crippen molar-refractivity contribution in [1.82, 2.24) is 0 Å². The minimum Gasteiger partial charge on any atom is -0.481 e. The Morgan fingerprint density at radius 3 is 1.19 bits per heavy atom. The van der Waals surface area contributed by atoms with Crippen LogP contribution in [0.25, 0.3) is 0 Å². The molecule has 0 amide bonds. The Labute approximate surface area is 638 Å². The van der Waals surface area contributed by atoms with Crippen LogP contribution in [0.15, 0.2) is 0 Å². The summed E-state index contributed by atoms with van der Waals surface area (Å²) in [6, 6.07) is 0. The zero-order valence-corrected chi connectivity index (χ0v) is 67.9. The Morgan fingerprint density at radius 2 is 0.821 bits per heavy atom. The van der Waals surface area contributed by atoms with E-state index < -0.39 is 5.97 Å². The third-order valence-electron chi connectivity index (χ3n) is 34.1. The predicted octanol–water partition coefficient (Wildman–Crippen LogP) is 18.1. The van der Waals surface area contributed by atoms with Gasteiger partial charge in [0, 0.05) is 18.9 Å². The van der Waals surface area contributed by atoms with Gasteiger partial charge in [0.25, 0.3) is 0 Å². The van der Waals surface area contributed by atoms with Gasteiger partial charge in [-0.05, 0) is 277 Å². The third kappa shape index (κ3) is 15.2. The average molecular weight is 1480 g/mol. The summed E-state index contributed by atoms with van der Waals surface area (Å²) < 4.78 is 49.1. The molecule has 5 aliphatic heterocycles. The summed E-state index contributed by atoms with van der Waals surface area (Å²) in [7, 11) is 1.57. The molecule has 32 unspecified atom stereocenters. The van der Waals surface area contributed by atoms with Crippen molar-refractivity contribution < 1.29 is 76.5 Å². The number of methoxy groups -OCH3 is 1. The monoisotopic (exact) mass is 1480 g/mol. The molecular weight excluding hydrogens is 1340 g/mol. The van der Waals surface area contributed by atoms with E-state index in [-0.39, 0.29) is 103 Å². The summed E-state index contributed by atoms with van der Waals surface area (Å²) in [5, 5.41) is 9.34. The van der Waals surface area contributed by atoms with Gasteiger partial charge in [-0.15, -0.1) is 0 Å². The summed E-state index contributed by atoms with van der Waals surface area (Å²) >= 11 is 0. The molecule has 0 aromatic carbocycles. The van der Waals surface area contributed by atoms with E-state index in [4.69, 9.17) is 42.6 Å². The quantitative estimate of drug-likeness (QED) is 0.0683. The van der Waals surface area contributed by atoms with Crippen LogP contribution in [0.2, 0.25) is 0 Å². The number of carbonyl (C=O) groups excluding carboxylic acids is 5. The second-order valence-electron chi connectivity index (χ2n) is 38.1. The number of aliphatic carboxylic acids is 1. The fourth-order valence-corrected chi connectivity index (χ4v) is 30.0. The van der Waals surface area contributed by atoms with Gasteiger partial charge in [-0.1, -0.05) is 134 Å². The van der Waals surface area contributed by atoms with Crippen LogP contribution in [0.3, 0.4) is 0 Å². The maximum atomic E-state index is 13.0. The van der Waals surface area contributed by atoms with Gasteiger partial charge >= 0.3 is 35.8 Å². The van der Waals surface area contributed by atoms with Crippen molar-refractivity contribution in [2.24, 2.45) is 189 Å². The molecule has 0 aromatic rings. The van der Waals surface area contributed by atoms with Gasteiger partial charge in [0.1, 0.15) is 0 Å². The molecule has 5 heterocycles. The maximum Gasteiger partial charge on any atom is 0.312 e. The van der Waals surface area contributed by atoms with E-state index in [9.17, 15) is 33.9 Å². The molecule has 106 heavy (non-hydrogen) atoms. The standard InChI is InChI=1S/C26H40O3.C17H28O3.C15H24O2.C12H20O2.2C10H16O3/c1-3-16-10-17(4-2)24-21-11-18(23(16)24)12-22(21)26(27)29-13-28-25-19-6-14-5-15(8-19)9-20(25)7-14;1-4-10-6-11(5-2)16-13-7-12(15(10)16)8-14(13)17(18)20-9-19-3;1-3-8-5-9(4-2)14-11-6-10(13(8)14)7-12(11)15(16)17;1-3-9-7-10(4-2)12(8-9)5-6-14-11(12)13;2*1-3-7-6-5-12-10(11)9(6)8(4-2)13-7/h14-25H,3-13H2,1-2H3;10-16H,4-9H2,1-3H3;8-14H,3-7H2,1-2H3,(H,16,17);9-10H,3-8H2,1-2H3;2*6-9H,3-5H2,1-2H3. The highest BCUT2D eigenvalue weighted by molar-refractivity contribution is 5.80. The first kappa shape index (κ1) is 80.7. The lowest BCUT2D eigenvalue weighted by Gasteiger charge is -2.53. The van der Waals surface area contributed by atoms with Crippen molar-refractivity contribution in [2.45, 2.75) is 300 Å². The molecule has 0 aromatic heterocycles. The lowest BCUT2D eigenvalue weighted by Crippen LogP contribution is -2.49. The van der Waals surface area contributed by atoms with Gasteiger partial charge in [-0.2, -0.15) is 0 Å². The molecule has 19 rings (SSSR count). The molecule has 14 aliphatic carbocycles. The minimum atomic E-state index is -0.522. The zero-order chi connectivity index (χ0) is 75.2. The van der Waals surface area contributed by atoms with Gasteiger partial charge in [-0.25, -0.2) is 0 Å². The number of rotatable bonds is 20. The number of esters is 5. The molecule has 14 saturated carbocycles. The van der Waals surface area contributed by atoms with Gasteiger partial charge in [0.15, 0.2) is 13.6 Å². The molecule has 10 bridgehead atoms. The van der Waals surface area contributed by atoms with E-state index in [0.29, 0.717) is 61.4 Å². The zero-order valence-electron chi connectivity index (χ0n) is 67.9. The van der Waals surface area contributed by atoms with E-state index in [2.05, 4.69) is 83.1 Å². The van der Waals surface area contributed by atoms with Crippen molar-refractivity contribution >= 4 is 35.8 Å². The Kier molecular flexibility index (Phi) is 26.6. The van der Waals surface area contributed by atoms with Gasteiger partial charge < -0.3 is 47.7 Å². The van der Waals surface area contributed by atoms with E-state index in [1.54, 1.807) is 7.11 Å². The second-order valence-corrected chi connectivity index (χ2v) is 38.1. The lowest BCUT2D eigenvalue weighted by molar-refractivity contribution is -0.191. The molecule has 19 fully saturated rings. The number of fused-ring (bicyclic) bond motifs is 17. The fraction of sp³-hybridized carbons (Fsp3) is 0.933. The Morgan fingerprint density at radius 1 is 0.415 bits per heavy atom. The van der Waals surface area contributed by atoms with Gasteiger partial charge in [0.2, 0.25) is 0 Å². The molecule has 5 saturated heterocycles. The minimum absolute atomic E-state index is 0.00685. The van der Waals surface area contributed by atoms with Crippen LogP contribution in [0, 0.1) is 189 Å². The van der Waals surface area contributed by atoms with E-state index >= 15 is 0 Å². The summed E-state index contributed by atoms with van der Waals surface area (Å²) in [5.74, 6) is 19.6. The number of cyclic esters (lactones) is 3. The molecule has 1 spiro atoms. The van der Waals surface area contributed by atoms with Crippen LogP contribution < -0.4 is 0 Å². The largest absolute Gasteiger partial charge is 0.481 e. The average Bonchev–Trinajstić information content (AvgIpc) is 1.58. The molecule has 1 N–H and O–H groups in total. The second kappa shape index (κ2) is 35.0. The number of carboxylic acids is 1. The molecule has 32 atom stereocenters. The van der Waals surface area contributed by atoms with Crippen LogP contribution in [-0.4, -0.2) is 112 Å². The van der Waals surface area contributed by atoms with Crippen LogP contribution >= 0.6 is 0 Å². The van der Waals surface area contributed by atoms with E-state index in [0.717, 1.165) is 183 Å². The normalized spacial score (nSPS) is 47.9. The van der Waals surface area contributed by atoms with E-state index in [1.165, 1.54) is 122 Å². The topological polar surface area (TPSA) is 206 Å². The Bertz CT molecular complexity index is 2900. The number of hydrogen-bond donors (Lipinski definition) is 1. The molecule has 19 aliphatic rings. The van der Waals surface area contributed by atoms with Crippen molar-refractivity contribution in [3.05, 3.63) is 0 Å². The van der Waals surface area contributed by atoms with Crippen LogP contribution in [0.1, 0.15) is 269 Å². The summed E-state index contributed by atoms with van der Waals surface area (Å²) in [5.41, 5.74) is -0.0740. The first-order valence-electron chi connectivity index (χ1n) is 44.8. The SMILES string of the molecule is CCC1CC(CC)C2(CCOC2=O)C1.CCC1CC(CC)C2C3CC(CC3C(=O)O)C12.CCC1CC(CC)C2C3CC(CC3C(=O)OCOC)C12.CCC1CC(CC)C2C3CC(CC3C(=O)OCOC3C4CC5CC(C4)CC3C5)C12.CCC1OC(CC)C2C(=O)OCC12.CCC1OC(CC)C2C(=O)OCC12. The Balaban J connectivity index is 0.000000116.